The maximum absolute atomic E-state index is 13.3. The predicted molar refractivity (Wildman–Crippen MR) is 107 cm³/mol. The maximum Gasteiger partial charge on any atom is 0.319 e. The van der Waals surface area contributed by atoms with E-state index in [1.165, 1.54) is 18.2 Å². The van der Waals surface area contributed by atoms with Crippen LogP contribution in [0.1, 0.15) is 40.6 Å². The van der Waals surface area contributed by atoms with Gasteiger partial charge in [-0.2, -0.15) is 0 Å². The van der Waals surface area contributed by atoms with Crippen LogP contribution >= 0.6 is 0 Å². The number of hydrogen-bond acceptors (Lipinski definition) is 3. The number of anilines is 2. The number of benzene rings is 2. The molecule has 6 nitrogen and oxygen atoms in total. The van der Waals surface area contributed by atoms with Gasteiger partial charge in [-0.05, 0) is 55.3 Å². The van der Waals surface area contributed by atoms with E-state index in [-0.39, 0.29) is 12.1 Å². The minimum absolute atomic E-state index is 0.100. The highest BCUT2D eigenvalue weighted by molar-refractivity contribution is 6.05. The third-order valence-corrected chi connectivity index (χ3v) is 4.82. The second-order valence-corrected chi connectivity index (χ2v) is 6.89. The van der Waals surface area contributed by atoms with Crippen LogP contribution in [-0.4, -0.2) is 11.9 Å². The highest BCUT2D eigenvalue weighted by Crippen LogP contribution is 2.30. The zero-order chi connectivity index (χ0) is 20.2. The molecule has 3 amide bonds. The van der Waals surface area contributed by atoms with Crippen molar-refractivity contribution in [3.63, 3.8) is 0 Å². The Hall–Kier alpha value is -3.61. The van der Waals surface area contributed by atoms with Crippen molar-refractivity contribution >= 4 is 23.3 Å². The first-order valence-corrected chi connectivity index (χ1v) is 9.39. The molecule has 1 heterocycles. The summed E-state index contributed by atoms with van der Waals surface area (Å²) in [6.07, 6.45) is 4.31. The van der Waals surface area contributed by atoms with E-state index >= 15 is 0 Å². The molecule has 0 bridgehead atoms. The van der Waals surface area contributed by atoms with Gasteiger partial charge in [0.15, 0.2) is 0 Å². The zero-order valence-electron chi connectivity index (χ0n) is 15.6. The van der Waals surface area contributed by atoms with E-state index in [0.717, 1.165) is 30.6 Å². The number of hydrogen-bond donors (Lipinski definition) is 3. The summed E-state index contributed by atoms with van der Waals surface area (Å²) in [7, 11) is 0. The molecule has 0 radical (unpaired) electrons. The summed E-state index contributed by atoms with van der Waals surface area (Å²) in [6, 6.07) is 13.6. The van der Waals surface area contributed by atoms with Crippen LogP contribution in [0.5, 0.6) is 0 Å². The summed E-state index contributed by atoms with van der Waals surface area (Å²) in [6.45, 7) is 0. The van der Waals surface area contributed by atoms with Gasteiger partial charge in [0.05, 0.1) is 12.3 Å². The molecule has 0 spiro atoms. The molecule has 0 fully saturated rings. The first kappa shape index (κ1) is 18.7. The van der Waals surface area contributed by atoms with Gasteiger partial charge in [0.1, 0.15) is 11.6 Å². The lowest BCUT2D eigenvalue weighted by atomic mass is 9.93. The molecule has 1 aliphatic carbocycles. The zero-order valence-corrected chi connectivity index (χ0v) is 15.6. The molecular weight excluding hydrogens is 373 g/mol. The lowest BCUT2D eigenvalue weighted by Gasteiger charge is -2.23. The van der Waals surface area contributed by atoms with Crippen LogP contribution in [0.3, 0.4) is 0 Å². The van der Waals surface area contributed by atoms with Crippen molar-refractivity contribution in [1.82, 2.24) is 5.32 Å². The topological polar surface area (TPSA) is 83.4 Å². The maximum atomic E-state index is 13.3. The summed E-state index contributed by atoms with van der Waals surface area (Å²) < 4.78 is 18.7. The van der Waals surface area contributed by atoms with Crippen LogP contribution in [0.25, 0.3) is 0 Å². The fourth-order valence-electron chi connectivity index (χ4n) is 3.47. The smallest absolute Gasteiger partial charge is 0.319 e. The lowest BCUT2D eigenvalue weighted by molar-refractivity contribution is 0.102. The van der Waals surface area contributed by atoms with Gasteiger partial charge in [0.2, 0.25) is 0 Å². The quantitative estimate of drug-likeness (QED) is 0.591. The van der Waals surface area contributed by atoms with Gasteiger partial charge in [-0.15, -0.1) is 0 Å². The molecule has 0 aliphatic heterocycles. The Kier molecular flexibility index (Phi) is 5.29. The highest BCUT2D eigenvalue weighted by Gasteiger charge is 2.24. The van der Waals surface area contributed by atoms with Crippen molar-refractivity contribution in [2.24, 2.45) is 0 Å². The number of urea groups is 1. The van der Waals surface area contributed by atoms with Crippen molar-refractivity contribution in [1.29, 1.82) is 0 Å². The van der Waals surface area contributed by atoms with Crippen LogP contribution in [0.15, 0.2) is 65.3 Å². The van der Waals surface area contributed by atoms with Gasteiger partial charge in [-0.1, -0.05) is 12.1 Å². The summed E-state index contributed by atoms with van der Waals surface area (Å²) >= 11 is 0. The Balaban J connectivity index is 1.40. The normalized spacial score (nSPS) is 15.3. The van der Waals surface area contributed by atoms with Crippen LogP contribution < -0.4 is 16.0 Å². The average molecular weight is 393 g/mol. The van der Waals surface area contributed by atoms with Crippen molar-refractivity contribution in [2.75, 3.05) is 10.6 Å². The Morgan fingerprint density at radius 2 is 1.79 bits per heavy atom. The molecule has 1 unspecified atom stereocenters. The number of fused-ring (bicyclic) bond motifs is 1. The van der Waals surface area contributed by atoms with E-state index in [4.69, 9.17) is 4.42 Å². The Bertz CT molecular complexity index is 1050. The molecule has 29 heavy (non-hydrogen) atoms. The summed E-state index contributed by atoms with van der Waals surface area (Å²) in [5.41, 5.74) is 2.20. The van der Waals surface area contributed by atoms with Gasteiger partial charge in [-0.3, -0.25) is 4.79 Å². The summed E-state index contributed by atoms with van der Waals surface area (Å²) in [5.74, 6) is 0.0888. The number of rotatable bonds is 4. The summed E-state index contributed by atoms with van der Waals surface area (Å²) in [4.78, 5) is 24.8. The standard InChI is InChI=1S/C22H20FN3O3/c23-15-5-2-7-17(13-15)24-21(27)14-4-1-6-16(12-14)25-22(28)26-19-8-3-9-20-18(19)10-11-29-20/h1-2,4-7,10-13,19H,3,8-9H2,(H,24,27)(H2,25,26,28). The van der Waals surface area contributed by atoms with E-state index in [1.807, 2.05) is 6.07 Å². The van der Waals surface area contributed by atoms with Gasteiger partial charge in [0.25, 0.3) is 5.91 Å². The van der Waals surface area contributed by atoms with E-state index in [2.05, 4.69) is 16.0 Å². The van der Waals surface area contributed by atoms with Gasteiger partial charge >= 0.3 is 6.03 Å². The second-order valence-electron chi connectivity index (χ2n) is 6.89. The van der Waals surface area contributed by atoms with Crippen molar-refractivity contribution in [2.45, 2.75) is 25.3 Å². The predicted octanol–water partition coefficient (Wildman–Crippen LogP) is 4.87. The van der Waals surface area contributed by atoms with E-state index in [1.54, 1.807) is 36.6 Å². The van der Waals surface area contributed by atoms with Crippen molar-refractivity contribution in [3.05, 3.63) is 83.6 Å². The molecule has 1 aromatic heterocycles. The average Bonchev–Trinajstić information content (AvgIpc) is 3.18. The molecule has 2 aromatic carbocycles. The van der Waals surface area contributed by atoms with Gasteiger partial charge in [-0.25, -0.2) is 9.18 Å². The number of nitrogens with one attached hydrogen (secondary N) is 3. The first-order chi connectivity index (χ1) is 14.1. The number of amides is 3. The third-order valence-electron chi connectivity index (χ3n) is 4.82. The minimum Gasteiger partial charge on any atom is -0.469 e. The Labute approximate surface area is 167 Å². The minimum atomic E-state index is -0.432. The largest absolute Gasteiger partial charge is 0.469 e. The molecule has 3 N–H and O–H groups in total. The van der Waals surface area contributed by atoms with Crippen LogP contribution in [-0.2, 0) is 6.42 Å². The molecule has 148 valence electrons. The Morgan fingerprint density at radius 3 is 2.62 bits per heavy atom. The van der Waals surface area contributed by atoms with E-state index in [9.17, 15) is 14.0 Å². The number of carbonyl (C=O) groups is 2. The number of aryl methyl sites for hydroxylation is 1. The molecule has 4 rings (SSSR count). The molecule has 0 saturated heterocycles. The molecular formula is C22H20FN3O3. The number of halogens is 1. The fourth-order valence-corrected chi connectivity index (χ4v) is 3.47. The first-order valence-electron chi connectivity index (χ1n) is 9.39. The monoisotopic (exact) mass is 393 g/mol. The van der Waals surface area contributed by atoms with Crippen LogP contribution in [0, 0.1) is 5.82 Å². The number of carbonyl (C=O) groups excluding carboxylic acids is 2. The molecule has 0 saturated carbocycles. The van der Waals surface area contributed by atoms with E-state index < -0.39 is 11.7 Å². The van der Waals surface area contributed by atoms with Crippen molar-refractivity contribution in [3.8, 4) is 0 Å². The number of furan rings is 1. The fraction of sp³-hybridized carbons (Fsp3) is 0.182. The molecule has 3 aromatic rings. The van der Waals surface area contributed by atoms with Gasteiger partial charge in [0, 0.05) is 28.9 Å². The summed E-state index contributed by atoms with van der Waals surface area (Å²) in [5, 5.41) is 8.35. The molecule has 1 atom stereocenters. The Morgan fingerprint density at radius 1 is 1.00 bits per heavy atom. The molecule has 7 heteroatoms. The van der Waals surface area contributed by atoms with Gasteiger partial charge < -0.3 is 20.4 Å². The SMILES string of the molecule is O=C(Nc1cccc(C(=O)Nc2cccc(F)c2)c1)NC1CCCc2occc21. The third kappa shape index (κ3) is 4.45. The second kappa shape index (κ2) is 8.18. The van der Waals surface area contributed by atoms with Crippen LogP contribution in [0.4, 0.5) is 20.6 Å². The van der Waals surface area contributed by atoms with Crippen LogP contribution in [0.2, 0.25) is 0 Å². The lowest BCUT2D eigenvalue weighted by Crippen LogP contribution is -2.34. The van der Waals surface area contributed by atoms with Crippen molar-refractivity contribution < 1.29 is 18.4 Å². The molecule has 1 aliphatic rings. The highest BCUT2D eigenvalue weighted by atomic mass is 19.1. The van der Waals surface area contributed by atoms with E-state index in [0.29, 0.717) is 16.9 Å².